The standard InChI is InChI=1S/C61H54N2/c1-5-7-13-41-21-25-47(26-22-41)62-57-29-19-39(3)31-43(57)33-45-35-51-52-36-46-34-44-32-40(4)20-30-58(44)63(48-27-23-42(24-28-48)14-8-6-2)60(46)38-56(52)61(55(51)37-59(45)62)53-17-11-9-15-49(53)50-16-10-12-18-54(50)61/h9-12,15-32,35-38H,5-8,13-14,33-34H2,1-4H3. The van der Waals surface area contributed by atoms with Gasteiger partial charge >= 0.3 is 0 Å². The number of anilines is 6. The summed E-state index contributed by atoms with van der Waals surface area (Å²) in [7, 11) is 0. The summed E-state index contributed by atoms with van der Waals surface area (Å²) in [6.45, 7) is 9.02. The van der Waals surface area contributed by atoms with Crippen molar-refractivity contribution in [1.29, 1.82) is 0 Å². The summed E-state index contributed by atoms with van der Waals surface area (Å²) in [6.07, 6.45) is 8.87. The van der Waals surface area contributed by atoms with Crippen LogP contribution >= 0.6 is 0 Å². The summed E-state index contributed by atoms with van der Waals surface area (Å²) < 4.78 is 0. The van der Waals surface area contributed by atoms with Gasteiger partial charge < -0.3 is 9.80 Å². The monoisotopic (exact) mass is 814 g/mol. The van der Waals surface area contributed by atoms with E-state index in [9.17, 15) is 0 Å². The van der Waals surface area contributed by atoms with Gasteiger partial charge in [-0.15, -0.1) is 0 Å². The molecule has 0 saturated heterocycles. The molecule has 0 amide bonds. The van der Waals surface area contributed by atoms with E-state index in [1.165, 1.54) is 149 Å². The van der Waals surface area contributed by atoms with Crippen molar-refractivity contribution in [3.8, 4) is 22.3 Å². The van der Waals surface area contributed by atoms with Crippen molar-refractivity contribution in [3.63, 3.8) is 0 Å². The van der Waals surface area contributed by atoms with E-state index in [0.29, 0.717) is 0 Å². The van der Waals surface area contributed by atoms with E-state index in [2.05, 4.69) is 195 Å². The maximum Gasteiger partial charge on any atom is 0.0727 e. The van der Waals surface area contributed by atoms with Crippen LogP contribution in [-0.2, 0) is 31.1 Å². The zero-order valence-electron chi connectivity index (χ0n) is 37.1. The predicted octanol–water partition coefficient (Wildman–Crippen LogP) is 16.1. The van der Waals surface area contributed by atoms with E-state index >= 15 is 0 Å². The maximum absolute atomic E-state index is 2.61. The molecule has 308 valence electrons. The Morgan fingerprint density at radius 2 is 0.810 bits per heavy atom. The summed E-state index contributed by atoms with van der Waals surface area (Å²) in [6, 6.07) is 61.9. The number of benzene rings is 8. The van der Waals surface area contributed by atoms with Gasteiger partial charge in [-0.05, 0) is 178 Å². The number of aryl methyl sites for hydroxylation is 4. The Bertz CT molecular complexity index is 2900. The molecule has 0 saturated carbocycles. The van der Waals surface area contributed by atoms with Crippen LogP contribution in [0, 0.1) is 13.8 Å². The van der Waals surface area contributed by atoms with Gasteiger partial charge in [0.25, 0.3) is 0 Å². The van der Waals surface area contributed by atoms with E-state index in [1.807, 2.05) is 0 Å². The van der Waals surface area contributed by atoms with E-state index < -0.39 is 5.41 Å². The molecule has 0 radical (unpaired) electrons. The summed E-state index contributed by atoms with van der Waals surface area (Å²) in [4.78, 5) is 5.13. The molecule has 2 nitrogen and oxygen atoms in total. The highest BCUT2D eigenvalue weighted by molar-refractivity contribution is 6.00. The lowest BCUT2D eigenvalue weighted by molar-refractivity contribution is 0.791. The molecule has 8 aromatic carbocycles. The van der Waals surface area contributed by atoms with E-state index in [-0.39, 0.29) is 0 Å². The first-order chi connectivity index (χ1) is 30.9. The number of hydrogen-bond donors (Lipinski definition) is 0. The van der Waals surface area contributed by atoms with E-state index in [4.69, 9.17) is 0 Å². The fraction of sp³-hybridized carbons (Fsp3) is 0.213. The normalized spacial score (nSPS) is 14.3. The molecule has 8 aromatic rings. The predicted molar refractivity (Wildman–Crippen MR) is 264 cm³/mol. The molecule has 0 N–H and O–H groups in total. The topological polar surface area (TPSA) is 6.48 Å². The molecule has 2 aliphatic heterocycles. The molecule has 0 aromatic heterocycles. The average molecular weight is 815 g/mol. The van der Waals surface area contributed by atoms with E-state index in [1.54, 1.807) is 0 Å². The molecule has 0 unspecified atom stereocenters. The molecule has 12 rings (SSSR count). The Labute approximate surface area is 373 Å². The molecule has 0 fully saturated rings. The smallest absolute Gasteiger partial charge is 0.0727 e. The first-order valence-electron chi connectivity index (χ1n) is 23.5. The number of unbranched alkanes of at least 4 members (excludes halogenated alkanes) is 2. The van der Waals surface area contributed by atoms with Crippen molar-refractivity contribution in [2.45, 2.75) is 84.5 Å². The van der Waals surface area contributed by atoms with Gasteiger partial charge in [0.1, 0.15) is 0 Å². The zero-order valence-corrected chi connectivity index (χ0v) is 37.1. The second-order valence-corrected chi connectivity index (χ2v) is 18.7. The van der Waals surface area contributed by atoms with Crippen molar-refractivity contribution in [1.82, 2.24) is 0 Å². The van der Waals surface area contributed by atoms with Gasteiger partial charge in [0.05, 0.1) is 16.8 Å². The lowest BCUT2D eigenvalue weighted by atomic mass is 9.70. The molecule has 2 heterocycles. The number of nitrogens with zero attached hydrogens (tertiary/aromatic N) is 2. The third-order valence-corrected chi connectivity index (χ3v) is 14.7. The average Bonchev–Trinajstić information content (AvgIpc) is 3.76. The molecular weight excluding hydrogens is 761 g/mol. The van der Waals surface area contributed by atoms with Crippen LogP contribution in [0.2, 0.25) is 0 Å². The quantitative estimate of drug-likeness (QED) is 0.151. The molecule has 4 aliphatic rings. The third kappa shape index (κ3) is 5.76. The van der Waals surface area contributed by atoms with Crippen molar-refractivity contribution < 1.29 is 0 Å². The van der Waals surface area contributed by atoms with Gasteiger partial charge in [-0.2, -0.15) is 0 Å². The SMILES string of the molecule is CCCCc1ccc(N2c3ccc(C)cc3Cc3cc4c(cc32)C2(c3ccccc3-c3ccccc32)c2cc3c(cc2-4)Cc2cc(C)ccc2N3c2ccc(CCCC)cc2)cc1. The lowest BCUT2D eigenvalue weighted by Gasteiger charge is -2.37. The first kappa shape index (κ1) is 38.1. The maximum atomic E-state index is 2.61. The van der Waals surface area contributed by atoms with Crippen LogP contribution < -0.4 is 9.80 Å². The Hall–Kier alpha value is -6.64. The van der Waals surface area contributed by atoms with Crippen molar-refractivity contribution in [2.75, 3.05) is 9.80 Å². The number of fused-ring (bicyclic) bond motifs is 14. The number of hydrogen-bond acceptors (Lipinski definition) is 2. The van der Waals surface area contributed by atoms with Gasteiger partial charge in [0, 0.05) is 35.6 Å². The van der Waals surface area contributed by atoms with Crippen LogP contribution in [0.25, 0.3) is 22.3 Å². The zero-order chi connectivity index (χ0) is 42.4. The molecular formula is C61H54N2. The highest BCUT2D eigenvalue weighted by atomic mass is 15.2. The minimum atomic E-state index is -0.492. The molecule has 2 aliphatic carbocycles. The third-order valence-electron chi connectivity index (χ3n) is 14.7. The van der Waals surface area contributed by atoms with Crippen LogP contribution in [-0.4, -0.2) is 0 Å². The van der Waals surface area contributed by atoms with Crippen LogP contribution in [0.1, 0.15) is 106 Å². The highest BCUT2D eigenvalue weighted by Gasteiger charge is 2.53. The van der Waals surface area contributed by atoms with Gasteiger partial charge in [-0.1, -0.05) is 135 Å². The Kier molecular flexibility index (Phi) is 8.90. The summed E-state index contributed by atoms with van der Waals surface area (Å²) in [5.41, 5.74) is 29.0. The minimum Gasteiger partial charge on any atom is -0.310 e. The lowest BCUT2D eigenvalue weighted by Crippen LogP contribution is -2.28. The molecule has 63 heavy (non-hydrogen) atoms. The van der Waals surface area contributed by atoms with Crippen LogP contribution in [0.5, 0.6) is 0 Å². The first-order valence-corrected chi connectivity index (χ1v) is 23.5. The van der Waals surface area contributed by atoms with Crippen LogP contribution in [0.15, 0.2) is 158 Å². The van der Waals surface area contributed by atoms with Gasteiger partial charge in [0.15, 0.2) is 0 Å². The van der Waals surface area contributed by atoms with Gasteiger partial charge in [0.2, 0.25) is 0 Å². The van der Waals surface area contributed by atoms with Crippen LogP contribution in [0.3, 0.4) is 0 Å². The number of rotatable bonds is 8. The molecule has 2 heteroatoms. The second kappa shape index (κ2) is 14.7. The van der Waals surface area contributed by atoms with Crippen molar-refractivity contribution in [2.24, 2.45) is 0 Å². The minimum absolute atomic E-state index is 0.492. The van der Waals surface area contributed by atoms with E-state index in [0.717, 1.165) is 25.7 Å². The summed E-state index contributed by atoms with van der Waals surface area (Å²) in [5.74, 6) is 0. The van der Waals surface area contributed by atoms with Crippen molar-refractivity contribution in [3.05, 3.63) is 224 Å². The fourth-order valence-electron chi connectivity index (χ4n) is 11.8. The van der Waals surface area contributed by atoms with Crippen LogP contribution in [0.4, 0.5) is 34.1 Å². The second-order valence-electron chi connectivity index (χ2n) is 18.7. The van der Waals surface area contributed by atoms with Gasteiger partial charge in [-0.3, -0.25) is 0 Å². The Morgan fingerprint density at radius 1 is 0.397 bits per heavy atom. The van der Waals surface area contributed by atoms with Gasteiger partial charge in [-0.25, -0.2) is 0 Å². The van der Waals surface area contributed by atoms with Crippen molar-refractivity contribution >= 4 is 34.1 Å². The molecule has 0 atom stereocenters. The molecule has 1 spiro atoms. The highest BCUT2D eigenvalue weighted by Crippen LogP contribution is 2.65. The summed E-state index contributed by atoms with van der Waals surface area (Å²) in [5, 5.41) is 0. The Morgan fingerprint density at radius 3 is 1.24 bits per heavy atom. The largest absolute Gasteiger partial charge is 0.310 e. The molecule has 0 bridgehead atoms. The fourth-order valence-corrected chi connectivity index (χ4v) is 11.8. The Balaban J connectivity index is 1.12. The summed E-state index contributed by atoms with van der Waals surface area (Å²) >= 11 is 0.